The molecule has 0 unspecified atom stereocenters. The molecule has 116 valence electrons. The fourth-order valence-corrected chi connectivity index (χ4v) is 1.97. The van der Waals surface area contributed by atoms with Crippen molar-refractivity contribution in [1.29, 1.82) is 0 Å². The van der Waals surface area contributed by atoms with Crippen LogP contribution in [0.5, 0.6) is 0 Å². The summed E-state index contributed by atoms with van der Waals surface area (Å²) in [6.07, 6.45) is 0. The minimum atomic E-state index is -0.263. The van der Waals surface area contributed by atoms with Crippen molar-refractivity contribution in [1.82, 2.24) is 10.2 Å². The van der Waals surface area contributed by atoms with Crippen LogP contribution in [0.4, 0.5) is 11.5 Å². The predicted molar refractivity (Wildman–Crippen MR) is 89.3 cm³/mol. The molecule has 5 heteroatoms. The van der Waals surface area contributed by atoms with E-state index in [-0.39, 0.29) is 11.9 Å². The lowest BCUT2D eigenvalue weighted by Crippen LogP contribution is -2.16. The van der Waals surface area contributed by atoms with Crippen molar-refractivity contribution in [2.24, 2.45) is 0 Å². The summed E-state index contributed by atoms with van der Waals surface area (Å²) >= 11 is 0. The fourth-order valence-electron chi connectivity index (χ4n) is 1.97. The average molecular weight is 298 g/mol. The first-order valence-corrected chi connectivity index (χ1v) is 7.47. The lowest BCUT2D eigenvalue weighted by atomic mass is 10.0. The van der Waals surface area contributed by atoms with E-state index in [1.807, 2.05) is 38.1 Å². The molecule has 5 nitrogen and oxygen atoms in total. The first-order valence-electron chi connectivity index (χ1n) is 7.47. The van der Waals surface area contributed by atoms with Gasteiger partial charge in [-0.3, -0.25) is 4.79 Å². The molecule has 1 amide bonds. The van der Waals surface area contributed by atoms with Crippen molar-refractivity contribution in [2.75, 3.05) is 10.6 Å². The standard InChI is InChI=1S/C17H22N4O/c1-11(2)13-5-7-14(8-6-13)19-17(22)15-9-10-16(21-20-15)18-12(3)4/h5-12H,1-4H3,(H,18,21)(H,19,22). The number of aromatic nitrogens is 2. The number of carbonyl (C=O) groups excluding carboxylic acids is 1. The Kier molecular flexibility index (Phi) is 5.09. The van der Waals surface area contributed by atoms with Gasteiger partial charge in [-0.15, -0.1) is 10.2 Å². The van der Waals surface area contributed by atoms with Gasteiger partial charge >= 0.3 is 0 Å². The molecule has 1 heterocycles. The zero-order valence-electron chi connectivity index (χ0n) is 13.4. The number of benzene rings is 1. The monoisotopic (exact) mass is 298 g/mol. The summed E-state index contributed by atoms with van der Waals surface area (Å²) in [5.41, 5.74) is 2.28. The third-order valence-corrected chi connectivity index (χ3v) is 3.17. The second kappa shape index (κ2) is 7.02. The van der Waals surface area contributed by atoms with Crippen LogP contribution in [-0.2, 0) is 0 Å². The highest BCUT2D eigenvalue weighted by Crippen LogP contribution is 2.17. The number of rotatable bonds is 5. The van der Waals surface area contributed by atoms with E-state index >= 15 is 0 Å². The van der Waals surface area contributed by atoms with Gasteiger partial charge in [-0.25, -0.2) is 0 Å². The summed E-state index contributed by atoms with van der Waals surface area (Å²) in [5, 5.41) is 13.9. The Labute approximate surface area is 131 Å². The summed E-state index contributed by atoms with van der Waals surface area (Å²) in [6.45, 7) is 8.30. The van der Waals surface area contributed by atoms with Gasteiger partial charge in [-0.1, -0.05) is 26.0 Å². The second-order valence-electron chi connectivity index (χ2n) is 5.83. The van der Waals surface area contributed by atoms with Crippen LogP contribution >= 0.6 is 0 Å². The molecule has 0 aliphatic rings. The molecule has 0 saturated carbocycles. The Hall–Kier alpha value is -2.43. The van der Waals surface area contributed by atoms with E-state index in [4.69, 9.17) is 0 Å². The van der Waals surface area contributed by atoms with Crippen molar-refractivity contribution in [3.63, 3.8) is 0 Å². The SMILES string of the molecule is CC(C)Nc1ccc(C(=O)Nc2ccc(C(C)C)cc2)nn1. The summed E-state index contributed by atoms with van der Waals surface area (Å²) in [4.78, 5) is 12.1. The number of amides is 1. The number of carbonyl (C=O) groups is 1. The van der Waals surface area contributed by atoms with Gasteiger partial charge in [0.05, 0.1) is 0 Å². The molecule has 0 spiro atoms. The number of nitrogens with zero attached hydrogens (tertiary/aromatic N) is 2. The lowest BCUT2D eigenvalue weighted by Gasteiger charge is -2.09. The molecule has 0 fully saturated rings. The van der Waals surface area contributed by atoms with Gasteiger partial charge in [0.1, 0.15) is 5.82 Å². The third kappa shape index (κ3) is 4.28. The van der Waals surface area contributed by atoms with Crippen molar-refractivity contribution in [3.8, 4) is 0 Å². The first-order chi connectivity index (χ1) is 10.5. The minimum absolute atomic E-state index is 0.263. The van der Waals surface area contributed by atoms with Crippen LogP contribution < -0.4 is 10.6 Å². The van der Waals surface area contributed by atoms with Gasteiger partial charge < -0.3 is 10.6 Å². The van der Waals surface area contributed by atoms with E-state index in [0.717, 1.165) is 5.69 Å². The van der Waals surface area contributed by atoms with Crippen molar-refractivity contribution in [3.05, 3.63) is 47.7 Å². The highest BCUT2D eigenvalue weighted by Gasteiger charge is 2.09. The van der Waals surface area contributed by atoms with Crippen LogP contribution in [0.1, 0.15) is 49.7 Å². The molecule has 2 rings (SSSR count). The largest absolute Gasteiger partial charge is 0.366 e. The van der Waals surface area contributed by atoms with Crippen LogP contribution in [0, 0.1) is 0 Å². The van der Waals surface area contributed by atoms with E-state index in [0.29, 0.717) is 17.4 Å². The van der Waals surface area contributed by atoms with Gasteiger partial charge in [0.2, 0.25) is 0 Å². The summed E-state index contributed by atoms with van der Waals surface area (Å²) in [5.74, 6) is 0.866. The zero-order valence-corrected chi connectivity index (χ0v) is 13.4. The van der Waals surface area contributed by atoms with Crippen LogP contribution in [0.2, 0.25) is 0 Å². The molecular formula is C17H22N4O. The van der Waals surface area contributed by atoms with E-state index < -0.39 is 0 Å². The number of anilines is 2. The Balaban J connectivity index is 2.02. The Morgan fingerprint density at radius 3 is 2.14 bits per heavy atom. The molecule has 0 aliphatic heterocycles. The molecule has 0 saturated heterocycles. The van der Waals surface area contributed by atoms with E-state index in [9.17, 15) is 4.79 Å². The van der Waals surface area contributed by atoms with E-state index in [2.05, 4.69) is 34.7 Å². The fraction of sp³-hybridized carbons (Fsp3) is 0.353. The topological polar surface area (TPSA) is 66.9 Å². The molecule has 2 aromatic rings. The number of hydrogen-bond donors (Lipinski definition) is 2. The summed E-state index contributed by atoms with van der Waals surface area (Å²) in [6, 6.07) is 11.5. The Morgan fingerprint density at radius 2 is 1.64 bits per heavy atom. The predicted octanol–water partition coefficient (Wildman–Crippen LogP) is 3.67. The molecule has 0 bridgehead atoms. The summed E-state index contributed by atoms with van der Waals surface area (Å²) < 4.78 is 0. The quantitative estimate of drug-likeness (QED) is 0.883. The smallest absolute Gasteiger partial charge is 0.276 e. The van der Waals surface area contributed by atoms with E-state index in [1.165, 1.54) is 5.56 Å². The van der Waals surface area contributed by atoms with Crippen molar-refractivity contribution < 1.29 is 4.79 Å². The lowest BCUT2D eigenvalue weighted by molar-refractivity contribution is 0.102. The van der Waals surface area contributed by atoms with Crippen LogP contribution in [0.3, 0.4) is 0 Å². The minimum Gasteiger partial charge on any atom is -0.366 e. The first kappa shape index (κ1) is 15.9. The highest BCUT2D eigenvalue weighted by molar-refractivity contribution is 6.02. The van der Waals surface area contributed by atoms with Gasteiger partial charge in [0.25, 0.3) is 5.91 Å². The van der Waals surface area contributed by atoms with Gasteiger partial charge in [0, 0.05) is 11.7 Å². The van der Waals surface area contributed by atoms with Crippen LogP contribution in [-0.4, -0.2) is 22.1 Å². The highest BCUT2D eigenvalue weighted by atomic mass is 16.1. The van der Waals surface area contributed by atoms with E-state index in [1.54, 1.807) is 12.1 Å². The Bertz CT molecular complexity index is 618. The third-order valence-electron chi connectivity index (χ3n) is 3.17. The van der Waals surface area contributed by atoms with Crippen molar-refractivity contribution >= 4 is 17.4 Å². The molecule has 2 N–H and O–H groups in total. The van der Waals surface area contributed by atoms with Gasteiger partial charge in [-0.05, 0) is 49.6 Å². The molecule has 0 atom stereocenters. The normalized spacial score (nSPS) is 10.8. The molecule has 0 aliphatic carbocycles. The molecule has 1 aromatic carbocycles. The molecule has 22 heavy (non-hydrogen) atoms. The van der Waals surface area contributed by atoms with Crippen LogP contribution in [0.15, 0.2) is 36.4 Å². The van der Waals surface area contributed by atoms with Gasteiger partial charge in [-0.2, -0.15) is 0 Å². The number of nitrogens with one attached hydrogen (secondary N) is 2. The molecule has 1 aromatic heterocycles. The number of hydrogen-bond acceptors (Lipinski definition) is 4. The maximum Gasteiger partial charge on any atom is 0.276 e. The van der Waals surface area contributed by atoms with Gasteiger partial charge in [0.15, 0.2) is 5.69 Å². The Morgan fingerprint density at radius 1 is 0.955 bits per heavy atom. The molecular weight excluding hydrogens is 276 g/mol. The van der Waals surface area contributed by atoms with Crippen LogP contribution in [0.25, 0.3) is 0 Å². The maximum atomic E-state index is 12.1. The maximum absolute atomic E-state index is 12.1. The van der Waals surface area contributed by atoms with Crippen molar-refractivity contribution in [2.45, 2.75) is 39.7 Å². The summed E-state index contributed by atoms with van der Waals surface area (Å²) in [7, 11) is 0. The second-order valence-corrected chi connectivity index (χ2v) is 5.83. The zero-order chi connectivity index (χ0) is 16.1. The average Bonchev–Trinajstić information content (AvgIpc) is 2.48. The molecule has 0 radical (unpaired) electrons.